The minimum Gasteiger partial charge on any atom is -0.507 e. The van der Waals surface area contributed by atoms with Crippen LogP contribution in [-0.2, 0) is 0 Å². The first-order chi connectivity index (χ1) is 9.11. The molecular weight excluding hydrogens is 238 g/mol. The fourth-order valence-corrected chi connectivity index (χ4v) is 1.73. The molecule has 1 amide bonds. The zero-order valence-corrected chi connectivity index (χ0v) is 10.5. The molecule has 0 fully saturated rings. The maximum atomic E-state index is 12.1. The lowest BCUT2D eigenvalue weighted by molar-refractivity contribution is 0.102. The number of rotatable bonds is 2. The van der Waals surface area contributed by atoms with Crippen molar-refractivity contribution in [2.75, 3.05) is 5.32 Å². The van der Waals surface area contributed by atoms with Crippen LogP contribution in [0.3, 0.4) is 0 Å². The number of terminal acetylenes is 1. The Morgan fingerprint density at radius 3 is 2.74 bits per heavy atom. The molecule has 0 unspecified atom stereocenters. The predicted molar refractivity (Wildman–Crippen MR) is 75.2 cm³/mol. The van der Waals surface area contributed by atoms with Crippen LogP contribution < -0.4 is 5.32 Å². The van der Waals surface area contributed by atoms with Crippen LogP contribution in [0.1, 0.15) is 21.5 Å². The third kappa shape index (κ3) is 2.75. The number of para-hydroxylation sites is 1. The van der Waals surface area contributed by atoms with Crippen LogP contribution in [0.5, 0.6) is 5.75 Å². The molecule has 0 aliphatic rings. The largest absolute Gasteiger partial charge is 0.507 e. The van der Waals surface area contributed by atoms with E-state index in [0.29, 0.717) is 16.8 Å². The van der Waals surface area contributed by atoms with Gasteiger partial charge in [0.15, 0.2) is 0 Å². The van der Waals surface area contributed by atoms with Crippen LogP contribution in [0.2, 0.25) is 0 Å². The number of carbonyl (C=O) groups excluding carboxylic acids is 1. The minimum atomic E-state index is -0.365. The number of aryl methyl sites for hydroxylation is 1. The van der Waals surface area contributed by atoms with E-state index in [9.17, 15) is 9.90 Å². The lowest BCUT2D eigenvalue weighted by atomic mass is 10.1. The van der Waals surface area contributed by atoms with Gasteiger partial charge in [-0.25, -0.2) is 0 Å². The summed E-state index contributed by atoms with van der Waals surface area (Å²) in [6.07, 6.45) is 5.30. The molecule has 0 bridgehead atoms. The van der Waals surface area contributed by atoms with E-state index in [4.69, 9.17) is 6.42 Å². The van der Waals surface area contributed by atoms with Crippen LogP contribution in [0.25, 0.3) is 0 Å². The number of hydrogen-bond donors (Lipinski definition) is 2. The summed E-state index contributed by atoms with van der Waals surface area (Å²) in [5.74, 6) is 2.13. The third-order valence-electron chi connectivity index (χ3n) is 2.77. The van der Waals surface area contributed by atoms with Crippen molar-refractivity contribution in [1.82, 2.24) is 0 Å². The number of nitrogens with one attached hydrogen (secondary N) is 1. The second-order valence-corrected chi connectivity index (χ2v) is 4.15. The van der Waals surface area contributed by atoms with E-state index in [1.54, 1.807) is 49.4 Å². The molecule has 19 heavy (non-hydrogen) atoms. The Kier molecular flexibility index (Phi) is 3.53. The van der Waals surface area contributed by atoms with E-state index in [1.165, 1.54) is 0 Å². The first kappa shape index (κ1) is 12.7. The van der Waals surface area contributed by atoms with Gasteiger partial charge in [0, 0.05) is 11.3 Å². The van der Waals surface area contributed by atoms with Crippen LogP contribution in [-0.4, -0.2) is 11.0 Å². The molecule has 2 rings (SSSR count). The Hall–Kier alpha value is -2.73. The number of anilines is 1. The van der Waals surface area contributed by atoms with Gasteiger partial charge in [0.05, 0.1) is 5.56 Å². The van der Waals surface area contributed by atoms with E-state index < -0.39 is 0 Å². The summed E-state index contributed by atoms with van der Waals surface area (Å²) in [4.78, 5) is 12.1. The Morgan fingerprint density at radius 1 is 1.26 bits per heavy atom. The van der Waals surface area contributed by atoms with Crippen LogP contribution >= 0.6 is 0 Å². The van der Waals surface area contributed by atoms with Gasteiger partial charge in [-0.3, -0.25) is 4.79 Å². The molecule has 94 valence electrons. The van der Waals surface area contributed by atoms with Crippen molar-refractivity contribution in [1.29, 1.82) is 0 Å². The van der Waals surface area contributed by atoms with E-state index >= 15 is 0 Å². The molecule has 0 atom stereocenters. The Balaban J connectivity index is 2.26. The van der Waals surface area contributed by atoms with Crippen molar-refractivity contribution in [3.8, 4) is 18.1 Å². The summed E-state index contributed by atoms with van der Waals surface area (Å²) in [7, 11) is 0. The van der Waals surface area contributed by atoms with E-state index in [2.05, 4.69) is 11.2 Å². The molecule has 3 heteroatoms. The number of phenolic OH excluding ortho intramolecular Hbond substituents is 1. The summed E-state index contributed by atoms with van der Waals surface area (Å²) in [5, 5.41) is 12.6. The van der Waals surface area contributed by atoms with Crippen molar-refractivity contribution >= 4 is 11.6 Å². The molecule has 0 aromatic heterocycles. The first-order valence-corrected chi connectivity index (χ1v) is 5.78. The first-order valence-electron chi connectivity index (χ1n) is 5.78. The van der Waals surface area contributed by atoms with Crippen molar-refractivity contribution in [2.24, 2.45) is 0 Å². The van der Waals surface area contributed by atoms with Gasteiger partial charge in [0.2, 0.25) is 0 Å². The number of carbonyl (C=O) groups is 1. The summed E-state index contributed by atoms with van der Waals surface area (Å²) in [6.45, 7) is 1.74. The van der Waals surface area contributed by atoms with Gasteiger partial charge in [0.25, 0.3) is 5.91 Å². The number of hydrogen-bond acceptors (Lipinski definition) is 2. The van der Waals surface area contributed by atoms with Crippen molar-refractivity contribution < 1.29 is 9.90 Å². The Bertz CT molecular complexity index is 669. The fraction of sp³-hybridized carbons (Fsp3) is 0.0625. The predicted octanol–water partition coefficient (Wildman–Crippen LogP) is 2.93. The highest BCUT2D eigenvalue weighted by Gasteiger charge is 2.12. The Morgan fingerprint density at radius 2 is 2.00 bits per heavy atom. The maximum absolute atomic E-state index is 12.1. The molecular formula is C16H13NO2. The number of benzene rings is 2. The highest BCUT2D eigenvalue weighted by atomic mass is 16.3. The second kappa shape index (κ2) is 5.28. The van der Waals surface area contributed by atoms with Crippen molar-refractivity contribution in [3.63, 3.8) is 0 Å². The van der Waals surface area contributed by atoms with Gasteiger partial charge in [-0.1, -0.05) is 24.1 Å². The number of aromatic hydroxyl groups is 1. The molecule has 0 heterocycles. The van der Waals surface area contributed by atoms with E-state index in [1.807, 2.05) is 0 Å². The quantitative estimate of drug-likeness (QED) is 0.806. The highest BCUT2D eigenvalue weighted by Crippen LogP contribution is 2.22. The van der Waals surface area contributed by atoms with Crippen molar-refractivity contribution in [3.05, 3.63) is 59.2 Å². The average Bonchev–Trinajstić information content (AvgIpc) is 2.42. The molecule has 0 saturated carbocycles. The normalized spacial score (nSPS) is 9.68. The molecule has 0 radical (unpaired) electrons. The molecule has 0 spiro atoms. The van der Waals surface area contributed by atoms with Gasteiger partial charge in [-0.05, 0) is 36.8 Å². The molecule has 2 N–H and O–H groups in total. The summed E-state index contributed by atoms with van der Waals surface area (Å²) >= 11 is 0. The van der Waals surface area contributed by atoms with Crippen LogP contribution in [0.15, 0.2) is 42.5 Å². The molecule has 0 aliphatic heterocycles. The Labute approximate surface area is 111 Å². The molecule has 2 aromatic rings. The number of phenols is 1. The smallest absolute Gasteiger partial charge is 0.259 e. The summed E-state index contributed by atoms with van der Waals surface area (Å²) in [5.41, 5.74) is 2.18. The highest BCUT2D eigenvalue weighted by molar-refractivity contribution is 6.06. The topological polar surface area (TPSA) is 49.3 Å². The third-order valence-corrected chi connectivity index (χ3v) is 2.77. The zero-order chi connectivity index (χ0) is 13.8. The van der Waals surface area contributed by atoms with E-state index in [-0.39, 0.29) is 17.2 Å². The van der Waals surface area contributed by atoms with Gasteiger partial charge in [-0.15, -0.1) is 6.42 Å². The van der Waals surface area contributed by atoms with Gasteiger partial charge < -0.3 is 10.4 Å². The molecule has 3 nitrogen and oxygen atoms in total. The van der Waals surface area contributed by atoms with Gasteiger partial charge >= 0.3 is 0 Å². The zero-order valence-electron chi connectivity index (χ0n) is 10.5. The number of amides is 1. The summed E-state index contributed by atoms with van der Waals surface area (Å²) < 4.78 is 0. The van der Waals surface area contributed by atoms with Gasteiger partial charge in [0.1, 0.15) is 5.75 Å². The lowest BCUT2D eigenvalue weighted by Gasteiger charge is -2.08. The minimum absolute atomic E-state index is 0.00638. The molecule has 0 aliphatic carbocycles. The SMILES string of the molecule is C#Cc1cccc(NC(=O)c2cccc(C)c2O)c1. The monoisotopic (exact) mass is 251 g/mol. The summed E-state index contributed by atoms with van der Waals surface area (Å²) in [6, 6.07) is 12.0. The van der Waals surface area contributed by atoms with Crippen LogP contribution in [0.4, 0.5) is 5.69 Å². The van der Waals surface area contributed by atoms with Gasteiger partial charge in [-0.2, -0.15) is 0 Å². The lowest BCUT2D eigenvalue weighted by Crippen LogP contribution is -2.12. The van der Waals surface area contributed by atoms with E-state index in [0.717, 1.165) is 0 Å². The maximum Gasteiger partial charge on any atom is 0.259 e. The van der Waals surface area contributed by atoms with Crippen LogP contribution in [0, 0.1) is 19.3 Å². The standard InChI is InChI=1S/C16H13NO2/c1-3-12-7-5-8-13(10-12)17-16(19)14-9-4-6-11(2)15(14)18/h1,4-10,18H,2H3,(H,17,19). The van der Waals surface area contributed by atoms with Crippen molar-refractivity contribution in [2.45, 2.75) is 6.92 Å². The average molecular weight is 251 g/mol. The molecule has 0 saturated heterocycles. The second-order valence-electron chi connectivity index (χ2n) is 4.15. The molecule has 2 aromatic carbocycles. The fourth-order valence-electron chi connectivity index (χ4n) is 1.73.